The molecule has 3 N–H and O–H groups in total. The van der Waals surface area contributed by atoms with Crippen molar-refractivity contribution >= 4 is 5.91 Å². The molecule has 0 atom stereocenters. The fourth-order valence-electron chi connectivity index (χ4n) is 0.904. The van der Waals surface area contributed by atoms with Gasteiger partial charge in [-0.05, 0) is 19.9 Å². The number of aromatic nitrogens is 1. The highest BCUT2D eigenvalue weighted by molar-refractivity contribution is 5.92. The van der Waals surface area contributed by atoms with E-state index in [0.717, 1.165) is 6.42 Å². The number of hydrogen-bond acceptors (Lipinski definition) is 4. The zero-order chi connectivity index (χ0) is 9.68. The van der Waals surface area contributed by atoms with Gasteiger partial charge in [0.2, 0.25) is 5.76 Å². The Balaban J connectivity index is 2.45. The monoisotopic (exact) mass is 183 g/mol. The molecule has 5 nitrogen and oxygen atoms in total. The Morgan fingerprint density at radius 3 is 3.08 bits per heavy atom. The van der Waals surface area contributed by atoms with E-state index in [-0.39, 0.29) is 11.7 Å². The maximum Gasteiger partial charge on any atom is 0.288 e. The largest absolute Gasteiger partial charge is 0.438 e. The van der Waals surface area contributed by atoms with Crippen molar-refractivity contribution in [3.05, 3.63) is 17.8 Å². The van der Waals surface area contributed by atoms with Gasteiger partial charge in [-0.1, -0.05) is 0 Å². The van der Waals surface area contributed by atoms with Crippen molar-refractivity contribution in [2.24, 2.45) is 5.73 Å². The Morgan fingerprint density at radius 1 is 1.77 bits per heavy atom. The van der Waals surface area contributed by atoms with Gasteiger partial charge in [0.05, 0.1) is 5.69 Å². The van der Waals surface area contributed by atoms with Gasteiger partial charge in [-0.3, -0.25) is 4.79 Å². The van der Waals surface area contributed by atoms with E-state index in [9.17, 15) is 4.79 Å². The van der Waals surface area contributed by atoms with Crippen LogP contribution in [0.2, 0.25) is 0 Å². The Morgan fingerprint density at radius 2 is 2.54 bits per heavy atom. The number of nitrogens with one attached hydrogen (secondary N) is 1. The molecule has 0 aliphatic carbocycles. The van der Waals surface area contributed by atoms with Crippen LogP contribution in [0.1, 0.15) is 22.7 Å². The highest BCUT2D eigenvalue weighted by Crippen LogP contribution is 2.03. The van der Waals surface area contributed by atoms with Gasteiger partial charge in [-0.2, -0.15) is 0 Å². The van der Waals surface area contributed by atoms with Crippen molar-refractivity contribution in [3.8, 4) is 0 Å². The van der Waals surface area contributed by atoms with E-state index < -0.39 is 0 Å². The third kappa shape index (κ3) is 2.55. The molecule has 0 aliphatic heterocycles. The molecule has 0 spiro atoms. The summed E-state index contributed by atoms with van der Waals surface area (Å²) in [5.41, 5.74) is 5.88. The SMILES string of the molecule is Cc1ncoc1C(=O)NCCCN. The first-order chi connectivity index (χ1) is 6.25. The molecule has 0 aromatic carbocycles. The maximum absolute atomic E-state index is 11.3. The lowest BCUT2D eigenvalue weighted by Crippen LogP contribution is -2.26. The first-order valence-corrected chi connectivity index (χ1v) is 4.14. The number of amides is 1. The van der Waals surface area contributed by atoms with Crippen LogP contribution in [0, 0.1) is 6.92 Å². The second-order valence-electron chi connectivity index (χ2n) is 2.67. The van der Waals surface area contributed by atoms with Crippen LogP contribution in [-0.4, -0.2) is 24.0 Å². The quantitative estimate of drug-likeness (QED) is 0.647. The first-order valence-electron chi connectivity index (χ1n) is 4.14. The fraction of sp³-hybridized carbons (Fsp3) is 0.500. The van der Waals surface area contributed by atoms with Crippen LogP contribution in [-0.2, 0) is 0 Å². The second kappa shape index (κ2) is 4.61. The standard InChI is InChI=1S/C8H13N3O2/c1-6-7(13-5-11-6)8(12)10-4-2-3-9/h5H,2-4,9H2,1H3,(H,10,12). The summed E-state index contributed by atoms with van der Waals surface area (Å²) in [5.74, 6) is 0.0421. The van der Waals surface area contributed by atoms with Crippen LogP contribution in [0.3, 0.4) is 0 Å². The average molecular weight is 183 g/mol. The van der Waals surface area contributed by atoms with Crippen molar-refractivity contribution in [1.29, 1.82) is 0 Å². The van der Waals surface area contributed by atoms with E-state index in [0.29, 0.717) is 18.8 Å². The minimum Gasteiger partial charge on any atom is -0.438 e. The number of hydrogen-bond donors (Lipinski definition) is 2. The fourth-order valence-corrected chi connectivity index (χ4v) is 0.904. The highest BCUT2D eigenvalue weighted by Gasteiger charge is 2.12. The smallest absolute Gasteiger partial charge is 0.288 e. The van der Waals surface area contributed by atoms with E-state index >= 15 is 0 Å². The summed E-state index contributed by atoms with van der Waals surface area (Å²) in [6, 6.07) is 0. The summed E-state index contributed by atoms with van der Waals surface area (Å²) in [7, 11) is 0. The summed E-state index contributed by atoms with van der Waals surface area (Å²) < 4.78 is 4.90. The van der Waals surface area contributed by atoms with Crippen LogP contribution < -0.4 is 11.1 Å². The molecular formula is C8H13N3O2. The molecule has 0 aliphatic rings. The van der Waals surface area contributed by atoms with Crippen LogP contribution in [0.15, 0.2) is 10.8 Å². The Hall–Kier alpha value is -1.36. The maximum atomic E-state index is 11.3. The molecule has 0 radical (unpaired) electrons. The van der Waals surface area contributed by atoms with Crippen LogP contribution in [0.25, 0.3) is 0 Å². The summed E-state index contributed by atoms with van der Waals surface area (Å²) in [6.07, 6.45) is 2.02. The van der Waals surface area contributed by atoms with Crippen LogP contribution >= 0.6 is 0 Å². The predicted octanol–water partition coefficient (Wildman–Crippen LogP) is 0.0616. The normalized spacial score (nSPS) is 10.0. The third-order valence-electron chi connectivity index (χ3n) is 1.62. The highest BCUT2D eigenvalue weighted by atomic mass is 16.3. The molecule has 1 amide bonds. The van der Waals surface area contributed by atoms with E-state index in [1.165, 1.54) is 6.39 Å². The Bertz CT molecular complexity index is 283. The van der Waals surface area contributed by atoms with E-state index in [4.69, 9.17) is 10.2 Å². The summed E-state index contributed by atoms with van der Waals surface area (Å²) in [6.45, 7) is 2.85. The van der Waals surface area contributed by atoms with Gasteiger partial charge in [0.25, 0.3) is 5.91 Å². The number of rotatable bonds is 4. The van der Waals surface area contributed by atoms with E-state index in [1.807, 2.05) is 0 Å². The minimum absolute atomic E-state index is 0.233. The molecule has 1 rings (SSSR count). The molecule has 0 bridgehead atoms. The Kier molecular flexibility index (Phi) is 3.45. The van der Waals surface area contributed by atoms with Gasteiger partial charge in [0, 0.05) is 6.54 Å². The van der Waals surface area contributed by atoms with Crippen molar-refractivity contribution in [2.45, 2.75) is 13.3 Å². The lowest BCUT2D eigenvalue weighted by molar-refractivity contribution is 0.0925. The molecule has 0 fully saturated rings. The molecule has 0 saturated carbocycles. The average Bonchev–Trinajstić information content (AvgIpc) is 2.52. The topological polar surface area (TPSA) is 81.2 Å². The zero-order valence-corrected chi connectivity index (χ0v) is 7.54. The number of oxazole rings is 1. The molecular weight excluding hydrogens is 170 g/mol. The van der Waals surface area contributed by atoms with Gasteiger partial charge < -0.3 is 15.5 Å². The van der Waals surface area contributed by atoms with Crippen molar-refractivity contribution in [2.75, 3.05) is 13.1 Å². The number of nitrogens with two attached hydrogens (primary N) is 1. The van der Waals surface area contributed by atoms with Crippen molar-refractivity contribution in [3.63, 3.8) is 0 Å². The number of carbonyl (C=O) groups excluding carboxylic acids is 1. The zero-order valence-electron chi connectivity index (χ0n) is 7.54. The van der Waals surface area contributed by atoms with Gasteiger partial charge in [0.1, 0.15) is 0 Å². The van der Waals surface area contributed by atoms with Crippen LogP contribution in [0.4, 0.5) is 0 Å². The van der Waals surface area contributed by atoms with Gasteiger partial charge in [-0.15, -0.1) is 0 Å². The summed E-state index contributed by atoms with van der Waals surface area (Å²) in [4.78, 5) is 15.1. The van der Waals surface area contributed by atoms with Crippen molar-refractivity contribution < 1.29 is 9.21 Å². The van der Waals surface area contributed by atoms with Gasteiger partial charge in [0.15, 0.2) is 6.39 Å². The number of carbonyl (C=O) groups is 1. The van der Waals surface area contributed by atoms with Crippen molar-refractivity contribution in [1.82, 2.24) is 10.3 Å². The van der Waals surface area contributed by atoms with E-state index in [1.54, 1.807) is 6.92 Å². The summed E-state index contributed by atoms with van der Waals surface area (Å²) in [5, 5.41) is 2.67. The Labute approximate surface area is 76.3 Å². The van der Waals surface area contributed by atoms with Crippen LogP contribution in [0.5, 0.6) is 0 Å². The molecule has 1 aromatic heterocycles. The van der Waals surface area contributed by atoms with Gasteiger partial charge >= 0.3 is 0 Å². The second-order valence-corrected chi connectivity index (χ2v) is 2.67. The molecule has 13 heavy (non-hydrogen) atoms. The lowest BCUT2D eigenvalue weighted by Gasteiger charge is -2.00. The van der Waals surface area contributed by atoms with Gasteiger partial charge in [-0.25, -0.2) is 4.98 Å². The molecule has 0 unspecified atom stereocenters. The molecule has 5 heteroatoms. The molecule has 1 heterocycles. The van der Waals surface area contributed by atoms with E-state index in [2.05, 4.69) is 10.3 Å². The third-order valence-corrected chi connectivity index (χ3v) is 1.62. The number of nitrogens with zero attached hydrogens (tertiary/aromatic N) is 1. The summed E-state index contributed by atoms with van der Waals surface area (Å²) >= 11 is 0. The minimum atomic E-state index is -0.233. The number of aryl methyl sites for hydroxylation is 1. The molecule has 1 aromatic rings. The first kappa shape index (κ1) is 9.73. The predicted molar refractivity (Wildman–Crippen MR) is 47.2 cm³/mol. The molecule has 72 valence electrons. The molecule has 0 saturated heterocycles. The lowest BCUT2D eigenvalue weighted by atomic mass is 10.3.